The van der Waals surface area contributed by atoms with Crippen molar-refractivity contribution in [2.75, 3.05) is 24.5 Å². The molecule has 6 nitrogen and oxygen atoms in total. The van der Waals surface area contributed by atoms with Crippen molar-refractivity contribution in [3.8, 4) is 0 Å². The van der Waals surface area contributed by atoms with Crippen molar-refractivity contribution in [1.29, 1.82) is 0 Å². The van der Waals surface area contributed by atoms with E-state index in [1.165, 1.54) is 0 Å². The Morgan fingerprint density at radius 1 is 1.22 bits per heavy atom. The van der Waals surface area contributed by atoms with Crippen LogP contribution in [-0.4, -0.2) is 47.5 Å². The van der Waals surface area contributed by atoms with Crippen LogP contribution in [0.3, 0.4) is 0 Å². The number of halogens is 3. The lowest BCUT2D eigenvalue weighted by molar-refractivity contribution is -0.137. The van der Waals surface area contributed by atoms with Crippen molar-refractivity contribution in [3.05, 3.63) is 69.2 Å². The summed E-state index contributed by atoms with van der Waals surface area (Å²) in [4.78, 5) is 31.2. The summed E-state index contributed by atoms with van der Waals surface area (Å²) in [6, 6.07) is 13.1. The van der Waals surface area contributed by atoms with Crippen molar-refractivity contribution in [2.24, 2.45) is 0 Å². The zero-order chi connectivity index (χ0) is 26.7. The van der Waals surface area contributed by atoms with Crippen LogP contribution in [0.5, 0.6) is 0 Å². The molecule has 3 aromatic rings. The fourth-order valence-electron chi connectivity index (χ4n) is 5.08. The Hall–Kier alpha value is -3.07. The molecule has 0 aliphatic carbocycles. The molecule has 2 N–H and O–H groups in total. The quantitative estimate of drug-likeness (QED) is 0.334. The van der Waals surface area contributed by atoms with Crippen LogP contribution in [-0.2, 0) is 4.79 Å². The van der Waals surface area contributed by atoms with E-state index in [1.807, 2.05) is 37.3 Å². The van der Waals surface area contributed by atoms with E-state index in [0.29, 0.717) is 47.2 Å². The van der Waals surface area contributed by atoms with Gasteiger partial charge in [-0.3, -0.25) is 9.59 Å². The molecule has 0 bridgehead atoms. The number of aryl methyl sites for hydroxylation is 1. The molecule has 1 fully saturated rings. The zero-order valence-corrected chi connectivity index (χ0v) is 22.4. The number of piperidine rings is 1. The molecule has 1 amide bonds. The molecule has 0 radical (unpaired) electrons. The minimum Gasteiger partial charge on any atom is -0.481 e. The van der Waals surface area contributed by atoms with E-state index in [4.69, 9.17) is 0 Å². The van der Waals surface area contributed by atoms with Crippen LogP contribution in [0, 0.1) is 13.8 Å². The number of nitrogens with zero attached hydrogens (tertiary/aromatic N) is 2. The zero-order valence-electron chi connectivity index (χ0n) is 20.9. The fourth-order valence-corrected chi connectivity index (χ4v) is 5.44. The number of carboxylic acids is 1. The van der Waals surface area contributed by atoms with Crippen LogP contribution in [0.1, 0.15) is 58.6 Å². The van der Waals surface area contributed by atoms with Gasteiger partial charge in [0.25, 0.3) is 11.8 Å². The van der Waals surface area contributed by atoms with Gasteiger partial charge in [-0.2, -0.15) is 0 Å². The first-order chi connectivity index (χ1) is 17.6. The number of aliphatic carboxylic acids is 1. The first-order valence-corrected chi connectivity index (χ1v) is 13.1. The number of carbonyl (C=O) groups excluding carboxylic acids is 1. The number of benzene rings is 2. The predicted molar refractivity (Wildman–Crippen MR) is 144 cm³/mol. The number of pyridine rings is 1. The van der Waals surface area contributed by atoms with E-state index in [9.17, 15) is 23.5 Å². The summed E-state index contributed by atoms with van der Waals surface area (Å²) in [6.45, 7) is 3.95. The fraction of sp³-hybridized carbons (Fsp3) is 0.393. The molecular formula is C28H30BrF2N3O3. The monoisotopic (exact) mass is 573 g/mol. The van der Waals surface area contributed by atoms with Gasteiger partial charge in [0.1, 0.15) is 5.82 Å². The Bertz CT molecular complexity index is 1330. The van der Waals surface area contributed by atoms with Gasteiger partial charge in [-0.05, 0) is 56.0 Å². The normalized spacial score (nSPS) is 16.0. The summed E-state index contributed by atoms with van der Waals surface area (Å²) < 4.78 is 29.2. The van der Waals surface area contributed by atoms with Gasteiger partial charge in [0.2, 0.25) is 0 Å². The van der Waals surface area contributed by atoms with Crippen molar-refractivity contribution in [2.45, 2.75) is 51.4 Å². The van der Waals surface area contributed by atoms with E-state index in [1.54, 1.807) is 24.0 Å². The number of hydrogen-bond acceptors (Lipinski definition) is 4. The first-order valence-electron chi connectivity index (χ1n) is 12.3. The number of carboxylic acid groups (broad SMARTS) is 1. The second-order valence-corrected chi connectivity index (χ2v) is 10.6. The smallest absolute Gasteiger partial charge is 0.303 e. The molecule has 1 unspecified atom stereocenters. The summed E-state index contributed by atoms with van der Waals surface area (Å²) in [5, 5.41) is 12.9. The number of rotatable bonds is 8. The molecule has 1 aromatic heterocycles. The third-order valence-corrected chi connectivity index (χ3v) is 7.42. The molecule has 1 saturated heterocycles. The van der Waals surface area contributed by atoms with Gasteiger partial charge < -0.3 is 15.3 Å². The lowest BCUT2D eigenvalue weighted by Crippen LogP contribution is -2.43. The second kappa shape index (κ2) is 11.1. The maximum Gasteiger partial charge on any atom is 0.303 e. The van der Waals surface area contributed by atoms with Crippen molar-refractivity contribution in [3.63, 3.8) is 0 Å². The minimum absolute atomic E-state index is 0.0215. The molecule has 2 heterocycles. The lowest BCUT2D eigenvalue weighted by Gasteiger charge is -2.34. The standard InChI is InChI=1S/C28H30BrF2N3O3/c1-17-6-3-4-7-21(17)19(8-11-24(35)36)15-32-27(37)25-18(2)26(34-13-5-12-28(30,31)16-34)33-23-10-9-20(29)14-22(23)25/h3-4,6-7,9-10,14,19H,5,8,11-13,15-16H2,1-2H3,(H,32,37)(H,35,36). The Morgan fingerprint density at radius 2 is 1.97 bits per heavy atom. The molecule has 37 heavy (non-hydrogen) atoms. The molecule has 1 aliphatic heterocycles. The van der Waals surface area contributed by atoms with Crippen LogP contribution in [0.4, 0.5) is 14.6 Å². The number of hydrogen-bond donors (Lipinski definition) is 2. The SMILES string of the molecule is Cc1ccccc1C(CCC(=O)O)CNC(=O)c1c(C)c(N2CCCC(F)(F)C2)nc2ccc(Br)cc12. The topological polar surface area (TPSA) is 82.5 Å². The van der Waals surface area contributed by atoms with E-state index >= 15 is 0 Å². The number of aromatic nitrogens is 1. The highest BCUT2D eigenvalue weighted by molar-refractivity contribution is 9.10. The van der Waals surface area contributed by atoms with Gasteiger partial charge in [-0.1, -0.05) is 40.2 Å². The minimum atomic E-state index is -2.81. The van der Waals surface area contributed by atoms with Crippen LogP contribution < -0.4 is 10.2 Å². The predicted octanol–water partition coefficient (Wildman–Crippen LogP) is 6.23. The number of amides is 1. The van der Waals surface area contributed by atoms with Gasteiger partial charge in [0.05, 0.1) is 17.6 Å². The van der Waals surface area contributed by atoms with Gasteiger partial charge in [0, 0.05) is 47.3 Å². The lowest BCUT2D eigenvalue weighted by atomic mass is 9.90. The van der Waals surface area contributed by atoms with Crippen LogP contribution in [0.15, 0.2) is 46.9 Å². The summed E-state index contributed by atoms with van der Waals surface area (Å²) in [5.41, 5.74) is 3.48. The maximum atomic E-state index is 14.2. The highest BCUT2D eigenvalue weighted by Crippen LogP contribution is 2.35. The number of anilines is 1. The Labute approximate surface area is 223 Å². The van der Waals surface area contributed by atoms with E-state index in [-0.39, 0.29) is 31.2 Å². The molecule has 0 spiro atoms. The molecule has 9 heteroatoms. The van der Waals surface area contributed by atoms with E-state index < -0.39 is 18.4 Å². The van der Waals surface area contributed by atoms with Crippen LogP contribution in [0.25, 0.3) is 10.9 Å². The maximum absolute atomic E-state index is 14.2. The van der Waals surface area contributed by atoms with Gasteiger partial charge in [-0.15, -0.1) is 0 Å². The van der Waals surface area contributed by atoms with Gasteiger partial charge in [-0.25, -0.2) is 13.8 Å². The van der Waals surface area contributed by atoms with Gasteiger partial charge >= 0.3 is 5.97 Å². The van der Waals surface area contributed by atoms with Crippen molar-refractivity contribution >= 4 is 44.5 Å². The van der Waals surface area contributed by atoms with Crippen LogP contribution >= 0.6 is 15.9 Å². The number of alkyl halides is 2. The average molecular weight is 574 g/mol. The second-order valence-electron chi connectivity index (χ2n) is 9.67. The molecule has 1 atom stereocenters. The number of nitrogens with one attached hydrogen (secondary N) is 1. The highest BCUT2D eigenvalue weighted by atomic mass is 79.9. The Morgan fingerprint density at radius 3 is 2.68 bits per heavy atom. The Kier molecular flexibility index (Phi) is 8.11. The third kappa shape index (κ3) is 6.26. The number of carbonyl (C=O) groups is 2. The van der Waals surface area contributed by atoms with E-state index in [0.717, 1.165) is 15.6 Å². The summed E-state index contributed by atoms with van der Waals surface area (Å²) in [7, 11) is 0. The molecule has 0 saturated carbocycles. The van der Waals surface area contributed by atoms with E-state index in [2.05, 4.69) is 26.2 Å². The molecule has 2 aromatic carbocycles. The summed E-state index contributed by atoms with van der Waals surface area (Å²) >= 11 is 3.46. The van der Waals surface area contributed by atoms with Crippen LogP contribution in [0.2, 0.25) is 0 Å². The van der Waals surface area contributed by atoms with Crippen molar-refractivity contribution in [1.82, 2.24) is 10.3 Å². The van der Waals surface area contributed by atoms with Crippen molar-refractivity contribution < 1.29 is 23.5 Å². The Balaban J connectivity index is 1.69. The molecular weight excluding hydrogens is 544 g/mol. The largest absolute Gasteiger partial charge is 0.481 e. The first kappa shape index (κ1) is 27.0. The highest BCUT2D eigenvalue weighted by Gasteiger charge is 2.37. The summed E-state index contributed by atoms with van der Waals surface area (Å²) in [6.07, 6.45) is 0.533. The third-order valence-electron chi connectivity index (χ3n) is 6.93. The molecule has 1 aliphatic rings. The average Bonchev–Trinajstić information content (AvgIpc) is 2.83. The van der Waals surface area contributed by atoms with Gasteiger partial charge in [0.15, 0.2) is 0 Å². The summed E-state index contributed by atoms with van der Waals surface area (Å²) in [5.74, 6) is -3.85. The molecule has 196 valence electrons. The number of fused-ring (bicyclic) bond motifs is 1. The molecule has 4 rings (SSSR count).